The second-order valence-electron chi connectivity index (χ2n) is 4.75. The molecule has 0 spiro atoms. The maximum absolute atomic E-state index is 13.2. The van der Waals surface area contributed by atoms with Crippen LogP contribution in [0.4, 0.5) is 4.39 Å². The number of aromatic nitrogens is 2. The van der Waals surface area contributed by atoms with Gasteiger partial charge in [0.25, 0.3) is 0 Å². The fourth-order valence-corrected chi connectivity index (χ4v) is 2.81. The molecule has 0 bridgehead atoms. The molecule has 0 aliphatic heterocycles. The first-order valence-corrected chi connectivity index (χ1v) is 7.36. The van der Waals surface area contributed by atoms with Crippen LogP contribution in [0.5, 0.6) is 0 Å². The quantitative estimate of drug-likeness (QED) is 0.652. The summed E-state index contributed by atoms with van der Waals surface area (Å²) in [6.45, 7) is 4.55. The highest BCUT2D eigenvalue weighted by molar-refractivity contribution is 6.32. The molecule has 1 heterocycles. The first kappa shape index (κ1) is 16.2. The van der Waals surface area contributed by atoms with E-state index in [1.807, 2.05) is 18.5 Å². The third-order valence-corrected chi connectivity index (χ3v) is 4.21. The van der Waals surface area contributed by atoms with Crippen LogP contribution in [0.25, 0.3) is 0 Å². The predicted molar refractivity (Wildman–Crippen MR) is 82.8 cm³/mol. The Bertz CT molecular complexity index is 642. The molecule has 0 aliphatic rings. The zero-order valence-corrected chi connectivity index (χ0v) is 13.3. The van der Waals surface area contributed by atoms with Gasteiger partial charge in [0.2, 0.25) is 0 Å². The Kier molecular flexibility index (Phi) is 5.22. The van der Waals surface area contributed by atoms with Crippen molar-refractivity contribution in [3.05, 3.63) is 51.0 Å². The van der Waals surface area contributed by atoms with Crippen LogP contribution in [0.3, 0.4) is 0 Å². The largest absolute Gasteiger partial charge is 0.271 e. The lowest BCUT2D eigenvalue weighted by Gasteiger charge is -2.18. The molecule has 2 rings (SSSR count). The Labute approximate surface area is 133 Å². The highest BCUT2D eigenvalue weighted by atomic mass is 35.5. The number of halogens is 3. The molecule has 0 fully saturated rings. The minimum Gasteiger partial charge on any atom is -0.271 e. The van der Waals surface area contributed by atoms with Gasteiger partial charge in [-0.15, -0.1) is 0 Å². The number of benzene rings is 1. The van der Waals surface area contributed by atoms with Gasteiger partial charge in [-0.2, -0.15) is 5.10 Å². The third-order valence-electron chi connectivity index (χ3n) is 3.39. The molecule has 7 heteroatoms. The van der Waals surface area contributed by atoms with E-state index in [0.717, 1.165) is 17.0 Å². The van der Waals surface area contributed by atoms with E-state index in [1.54, 1.807) is 6.07 Å². The topological polar surface area (TPSA) is 55.9 Å². The molecule has 114 valence electrons. The zero-order valence-electron chi connectivity index (χ0n) is 11.8. The van der Waals surface area contributed by atoms with Crippen molar-refractivity contribution < 1.29 is 4.39 Å². The van der Waals surface area contributed by atoms with Crippen molar-refractivity contribution in [3.8, 4) is 0 Å². The SMILES string of the molecule is CCn1nc(C)c(Cl)c1CC(NN)c1ccc(F)cc1Cl. The summed E-state index contributed by atoms with van der Waals surface area (Å²) in [6.07, 6.45) is 0.509. The van der Waals surface area contributed by atoms with Crippen LogP contribution in [0, 0.1) is 12.7 Å². The molecule has 2 aromatic rings. The molecule has 0 radical (unpaired) electrons. The highest BCUT2D eigenvalue weighted by Crippen LogP contribution is 2.29. The van der Waals surface area contributed by atoms with Crippen LogP contribution in [-0.4, -0.2) is 9.78 Å². The van der Waals surface area contributed by atoms with Gasteiger partial charge in [-0.05, 0) is 31.5 Å². The Morgan fingerprint density at radius 2 is 2.14 bits per heavy atom. The van der Waals surface area contributed by atoms with Crippen molar-refractivity contribution >= 4 is 23.2 Å². The molecule has 4 nitrogen and oxygen atoms in total. The molecule has 0 amide bonds. The van der Waals surface area contributed by atoms with Gasteiger partial charge >= 0.3 is 0 Å². The van der Waals surface area contributed by atoms with Crippen LogP contribution in [0.2, 0.25) is 10.0 Å². The summed E-state index contributed by atoms with van der Waals surface area (Å²) in [7, 11) is 0. The van der Waals surface area contributed by atoms with Crippen LogP contribution in [0.1, 0.15) is 29.9 Å². The smallest absolute Gasteiger partial charge is 0.124 e. The van der Waals surface area contributed by atoms with Crippen LogP contribution < -0.4 is 11.3 Å². The summed E-state index contributed by atoms with van der Waals surface area (Å²) in [6, 6.07) is 3.97. The van der Waals surface area contributed by atoms with Gasteiger partial charge in [0.05, 0.1) is 22.5 Å². The average molecular weight is 331 g/mol. The standard InChI is InChI=1S/C14H17Cl2FN4/c1-3-21-13(14(16)8(2)20-21)7-12(19-18)10-5-4-9(17)6-11(10)15/h4-6,12,19H,3,7,18H2,1-2H3. The van der Waals surface area contributed by atoms with E-state index in [9.17, 15) is 4.39 Å². The summed E-state index contributed by atoms with van der Waals surface area (Å²) in [4.78, 5) is 0. The van der Waals surface area contributed by atoms with Crippen molar-refractivity contribution in [2.45, 2.75) is 32.9 Å². The van der Waals surface area contributed by atoms with Crippen molar-refractivity contribution in [3.63, 3.8) is 0 Å². The minimum absolute atomic E-state index is 0.281. The molecule has 0 saturated carbocycles. The van der Waals surface area contributed by atoms with Gasteiger partial charge in [-0.1, -0.05) is 29.3 Å². The number of nitrogens with zero attached hydrogens (tertiary/aromatic N) is 2. The fourth-order valence-electron chi connectivity index (χ4n) is 2.30. The van der Waals surface area contributed by atoms with Crippen LogP contribution in [-0.2, 0) is 13.0 Å². The van der Waals surface area contributed by atoms with E-state index in [1.165, 1.54) is 12.1 Å². The number of nitrogens with one attached hydrogen (secondary N) is 1. The van der Waals surface area contributed by atoms with Gasteiger partial charge in [0.15, 0.2) is 0 Å². The molecular weight excluding hydrogens is 314 g/mol. The number of hydrogen-bond acceptors (Lipinski definition) is 3. The fraction of sp³-hybridized carbons (Fsp3) is 0.357. The summed E-state index contributed by atoms with van der Waals surface area (Å²) in [5, 5.41) is 5.32. The van der Waals surface area contributed by atoms with Gasteiger partial charge in [0.1, 0.15) is 5.82 Å². The van der Waals surface area contributed by atoms with Crippen molar-refractivity contribution in [1.82, 2.24) is 15.2 Å². The average Bonchev–Trinajstić information content (AvgIpc) is 2.72. The maximum Gasteiger partial charge on any atom is 0.124 e. The van der Waals surface area contributed by atoms with Crippen molar-refractivity contribution in [2.24, 2.45) is 5.84 Å². The van der Waals surface area contributed by atoms with Gasteiger partial charge in [0, 0.05) is 18.0 Å². The molecule has 1 aromatic heterocycles. The number of hydrazine groups is 1. The Morgan fingerprint density at radius 1 is 1.43 bits per heavy atom. The van der Waals surface area contributed by atoms with Crippen LogP contribution in [0.15, 0.2) is 18.2 Å². The lowest BCUT2D eigenvalue weighted by atomic mass is 10.0. The molecular formula is C14H17Cl2FN4. The monoisotopic (exact) mass is 330 g/mol. The Morgan fingerprint density at radius 3 is 2.71 bits per heavy atom. The van der Waals surface area contributed by atoms with E-state index in [0.29, 0.717) is 23.0 Å². The highest BCUT2D eigenvalue weighted by Gasteiger charge is 2.20. The normalized spacial score (nSPS) is 12.7. The summed E-state index contributed by atoms with van der Waals surface area (Å²) >= 11 is 12.4. The van der Waals surface area contributed by atoms with Crippen molar-refractivity contribution in [1.29, 1.82) is 0 Å². The van der Waals surface area contributed by atoms with Gasteiger partial charge < -0.3 is 0 Å². The first-order valence-electron chi connectivity index (χ1n) is 6.60. The Hall–Kier alpha value is -1.14. The van der Waals surface area contributed by atoms with E-state index in [4.69, 9.17) is 29.0 Å². The minimum atomic E-state index is -0.382. The van der Waals surface area contributed by atoms with E-state index >= 15 is 0 Å². The first-order chi connectivity index (χ1) is 9.97. The Balaban J connectivity index is 2.35. The van der Waals surface area contributed by atoms with E-state index in [-0.39, 0.29) is 11.9 Å². The molecule has 1 aromatic carbocycles. The second-order valence-corrected chi connectivity index (χ2v) is 5.54. The molecule has 0 aliphatic carbocycles. The summed E-state index contributed by atoms with van der Waals surface area (Å²) < 4.78 is 15.0. The third kappa shape index (κ3) is 3.37. The number of rotatable bonds is 5. The number of nitrogens with two attached hydrogens (primary N) is 1. The van der Waals surface area contributed by atoms with Gasteiger partial charge in [-0.3, -0.25) is 16.0 Å². The summed E-state index contributed by atoms with van der Waals surface area (Å²) in [5.74, 6) is 5.25. The van der Waals surface area contributed by atoms with Crippen LogP contribution >= 0.6 is 23.2 Å². The molecule has 1 unspecified atom stereocenters. The number of aryl methyl sites for hydroxylation is 2. The summed E-state index contributed by atoms with van der Waals surface area (Å²) in [5.41, 5.74) is 5.08. The zero-order chi connectivity index (χ0) is 15.6. The van der Waals surface area contributed by atoms with E-state index < -0.39 is 0 Å². The second kappa shape index (κ2) is 6.75. The maximum atomic E-state index is 13.2. The van der Waals surface area contributed by atoms with E-state index in [2.05, 4.69) is 10.5 Å². The van der Waals surface area contributed by atoms with Crippen molar-refractivity contribution in [2.75, 3.05) is 0 Å². The molecule has 0 saturated heterocycles. The predicted octanol–water partition coefficient (Wildman–Crippen LogP) is 3.40. The number of hydrogen-bond donors (Lipinski definition) is 2. The molecule has 1 atom stereocenters. The lowest BCUT2D eigenvalue weighted by molar-refractivity contribution is 0.516. The molecule has 21 heavy (non-hydrogen) atoms. The molecule has 3 N–H and O–H groups in total. The lowest BCUT2D eigenvalue weighted by Crippen LogP contribution is -2.30. The van der Waals surface area contributed by atoms with Gasteiger partial charge in [-0.25, -0.2) is 4.39 Å².